The van der Waals surface area contributed by atoms with Crippen LogP contribution in [-0.2, 0) is 0 Å². The van der Waals surface area contributed by atoms with Crippen molar-refractivity contribution in [3.63, 3.8) is 0 Å². The number of hydrogen-bond donors (Lipinski definition) is 0. The van der Waals surface area contributed by atoms with Gasteiger partial charge >= 0.3 is 0 Å². The average Bonchev–Trinajstić information content (AvgIpc) is 2.30. The molecule has 1 aromatic carbocycles. The fourth-order valence-electron chi connectivity index (χ4n) is 1.56. The Morgan fingerprint density at radius 1 is 1.12 bits per heavy atom. The minimum atomic E-state index is -0.282. The van der Waals surface area contributed by atoms with Gasteiger partial charge in [0.15, 0.2) is 0 Å². The van der Waals surface area contributed by atoms with Crippen molar-refractivity contribution in [3.8, 4) is 5.69 Å². The van der Waals surface area contributed by atoms with Crippen molar-refractivity contribution < 1.29 is 0 Å². The smallest absolute Gasteiger partial charge is 0.266 e. The van der Waals surface area contributed by atoms with E-state index in [1.54, 1.807) is 13.1 Å². The number of aryl methyl sites for hydroxylation is 3. The van der Waals surface area contributed by atoms with Crippen LogP contribution < -0.4 is 5.56 Å². The molecule has 2 aromatic rings. The molecule has 0 atom stereocenters. The van der Waals surface area contributed by atoms with Crippen LogP contribution in [0.2, 0.25) is 5.02 Å². The summed E-state index contributed by atoms with van der Waals surface area (Å²) in [4.78, 5) is 12.0. The standard InChI is InChI=1S/C13H13ClN2O/c1-8-4-5-11(6-9(8)2)16-13(17)12(14)10(3)7-15-16/h4-7H,1-3H3. The summed E-state index contributed by atoms with van der Waals surface area (Å²) in [5.74, 6) is 0. The Labute approximate surface area is 105 Å². The fourth-order valence-corrected chi connectivity index (χ4v) is 1.69. The molecule has 0 fully saturated rings. The predicted molar refractivity (Wildman–Crippen MR) is 69.1 cm³/mol. The Morgan fingerprint density at radius 3 is 2.47 bits per heavy atom. The summed E-state index contributed by atoms with van der Waals surface area (Å²) >= 11 is 5.93. The van der Waals surface area contributed by atoms with Gasteiger partial charge in [0.05, 0.1) is 11.9 Å². The summed E-state index contributed by atoms with van der Waals surface area (Å²) in [5, 5.41) is 4.32. The van der Waals surface area contributed by atoms with Crippen molar-refractivity contribution >= 4 is 11.6 Å². The summed E-state index contributed by atoms with van der Waals surface area (Å²) in [6.45, 7) is 5.79. The topological polar surface area (TPSA) is 34.9 Å². The van der Waals surface area contributed by atoms with Crippen LogP contribution in [0.5, 0.6) is 0 Å². The van der Waals surface area contributed by atoms with E-state index in [-0.39, 0.29) is 10.6 Å². The number of benzene rings is 1. The van der Waals surface area contributed by atoms with Crippen LogP contribution in [0, 0.1) is 20.8 Å². The zero-order chi connectivity index (χ0) is 12.6. The lowest BCUT2D eigenvalue weighted by Gasteiger charge is -2.08. The molecular weight excluding hydrogens is 236 g/mol. The molecule has 0 spiro atoms. The van der Waals surface area contributed by atoms with Gasteiger partial charge in [0.25, 0.3) is 5.56 Å². The van der Waals surface area contributed by atoms with E-state index in [2.05, 4.69) is 5.10 Å². The summed E-state index contributed by atoms with van der Waals surface area (Å²) in [6, 6.07) is 5.75. The van der Waals surface area contributed by atoms with Gasteiger partial charge in [-0.2, -0.15) is 9.78 Å². The molecule has 88 valence electrons. The molecule has 0 saturated heterocycles. The lowest BCUT2D eigenvalue weighted by atomic mass is 10.1. The maximum absolute atomic E-state index is 12.0. The zero-order valence-electron chi connectivity index (χ0n) is 9.99. The van der Waals surface area contributed by atoms with E-state index in [1.165, 1.54) is 10.2 Å². The summed E-state index contributed by atoms with van der Waals surface area (Å²) in [7, 11) is 0. The first-order chi connectivity index (χ1) is 8.00. The Balaban J connectivity index is 2.65. The fraction of sp³-hybridized carbons (Fsp3) is 0.231. The molecule has 0 saturated carbocycles. The average molecular weight is 249 g/mol. The van der Waals surface area contributed by atoms with E-state index < -0.39 is 0 Å². The van der Waals surface area contributed by atoms with Crippen LogP contribution in [0.1, 0.15) is 16.7 Å². The van der Waals surface area contributed by atoms with Crippen molar-refractivity contribution in [3.05, 3.63) is 56.5 Å². The highest BCUT2D eigenvalue weighted by Gasteiger charge is 2.08. The highest BCUT2D eigenvalue weighted by molar-refractivity contribution is 6.31. The first-order valence-electron chi connectivity index (χ1n) is 5.33. The molecule has 17 heavy (non-hydrogen) atoms. The van der Waals surface area contributed by atoms with E-state index in [9.17, 15) is 4.79 Å². The summed E-state index contributed by atoms with van der Waals surface area (Å²) in [5.41, 5.74) is 3.44. The highest BCUT2D eigenvalue weighted by Crippen LogP contribution is 2.13. The van der Waals surface area contributed by atoms with Crippen LogP contribution in [-0.4, -0.2) is 9.78 Å². The minimum Gasteiger partial charge on any atom is -0.266 e. The maximum atomic E-state index is 12.0. The molecule has 2 rings (SSSR count). The quantitative estimate of drug-likeness (QED) is 0.778. The van der Waals surface area contributed by atoms with Gasteiger partial charge in [0.2, 0.25) is 0 Å². The molecular formula is C13H13ClN2O. The molecule has 1 heterocycles. The first kappa shape index (κ1) is 11.9. The second kappa shape index (κ2) is 4.34. The second-order valence-corrected chi connectivity index (χ2v) is 4.51. The third-order valence-electron chi connectivity index (χ3n) is 2.83. The van der Waals surface area contributed by atoms with Gasteiger partial charge in [0, 0.05) is 0 Å². The van der Waals surface area contributed by atoms with Crippen LogP contribution in [0.25, 0.3) is 5.69 Å². The highest BCUT2D eigenvalue weighted by atomic mass is 35.5. The SMILES string of the molecule is Cc1ccc(-n2ncc(C)c(Cl)c2=O)cc1C. The molecule has 0 unspecified atom stereocenters. The molecule has 0 amide bonds. The van der Waals surface area contributed by atoms with E-state index in [1.807, 2.05) is 32.0 Å². The van der Waals surface area contributed by atoms with Gasteiger partial charge in [-0.05, 0) is 49.6 Å². The third kappa shape index (κ3) is 2.11. The minimum absolute atomic E-state index is 0.221. The Morgan fingerprint density at radius 2 is 1.82 bits per heavy atom. The normalized spacial score (nSPS) is 10.6. The van der Waals surface area contributed by atoms with Crippen molar-refractivity contribution in [2.24, 2.45) is 0 Å². The molecule has 3 nitrogen and oxygen atoms in total. The molecule has 0 aliphatic rings. The van der Waals surface area contributed by atoms with Gasteiger partial charge < -0.3 is 0 Å². The van der Waals surface area contributed by atoms with Gasteiger partial charge in [-0.25, -0.2) is 0 Å². The lowest BCUT2D eigenvalue weighted by Crippen LogP contribution is -2.22. The van der Waals surface area contributed by atoms with Gasteiger partial charge in [0.1, 0.15) is 5.02 Å². The van der Waals surface area contributed by atoms with Gasteiger partial charge in [-0.15, -0.1) is 0 Å². The molecule has 0 bridgehead atoms. The van der Waals surface area contributed by atoms with Crippen LogP contribution in [0.4, 0.5) is 0 Å². The molecule has 0 radical (unpaired) electrons. The molecule has 0 N–H and O–H groups in total. The number of rotatable bonds is 1. The molecule has 0 aliphatic heterocycles. The lowest BCUT2D eigenvalue weighted by molar-refractivity contribution is 0.799. The van der Waals surface area contributed by atoms with Gasteiger partial charge in [-0.3, -0.25) is 4.79 Å². The third-order valence-corrected chi connectivity index (χ3v) is 3.29. The first-order valence-corrected chi connectivity index (χ1v) is 5.70. The van der Waals surface area contributed by atoms with E-state index in [0.29, 0.717) is 5.56 Å². The largest absolute Gasteiger partial charge is 0.290 e. The molecule has 0 aliphatic carbocycles. The van der Waals surface area contributed by atoms with Crippen LogP contribution in [0.3, 0.4) is 0 Å². The monoisotopic (exact) mass is 248 g/mol. The van der Waals surface area contributed by atoms with Crippen molar-refractivity contribution in [2.45, 2.75) is 20.8 Å². The Bertz CT molecular complexity index is 632. The van der Waals surface area contributed by atoms with E-state index in [4.69, 9.17) is 11.6 Å². The number of halogens is 1. The second-order valence-electron chi connectivity index (χ2n) is 4.13. The number of nitrogens with zero attached hydrogens (tertiary/aromatic N) is 2. The van der Waals surface area contributed by atoms with Crippen molar-refractivity contribution in [2.75, 3.05) is 0 Å². The number of hydrogen-bond acceptors (Lipinski definition) is 2. The molecule has 1 aromatic heterocycles. The van der Waals surface area contributed by atoms with E-state index in [0.717, 1.165) is 11.3 Å². The Kier molecular flexibility index (Phi) is 3.03. The van der Waals surface area contributed by atoms with Crippen molar-refractivity contribution in [1.29, 1.82) is 0 Å². The number of aromatic nitrogens is 2. The summed E-state index contributed by atoms with van der Waals surface area (Å²) < 4.78 is 1.32. The summed E-state index contributed by atoms with van der Waals surface area (Å²) in [6.07, 6.45) is 1.60. The van der Waals surface area contributed by atoms with Crippen LogP contribution in [0.15, 0.2) is 29.2 Å². The maximum Gasteiger partial charge on any atom is 0.290 e. The van der Waals surface area contributed by atoms with Crippen molar-refractivity contribution in [1.82, 2.24) is 9.78 Å². The predicted octanol–water partition coefficient (Wildman–Crippen LogP) is 2.81. The molecule has 4 heteroatoms. The van der Waals surface area contributed by atoms with Gasteiger partial charge in [-0.1, -0.05) is 17.7 Å². The van der Waals surface area contributed by atoms with E-state index >= 15 is 0 Å². The Hall–Kier alpha value is -1.61. The zero-order valence-corrected chi connectivity index (χ0v) is 10.7. The van der Waals surface area contributed by atoms with Crippen LogP contribution >= 0.6 is 11.6 Å².